The third-order valence-electron chi connectivity index (χ3n) is 4.46. The quantitative estimate of drug-likeness (QED) is 0.391. The molecule has 1 heterocycles. The van der Waals surface area contributed by atoms with Crippen LogP contribution < -0.4 is 20.7 Å². The van der Waals surface area contributed by atoms with E-state index in [1.807, 2.05) is 36.4 Å². The zero-order chi connectivity index (χ0) is 21.4. The van der Waals surface area contributed by atoms with Crippen molar-refractivity contribution >= 4 is 32.8 Å². The molecule has 158 valence electrons. The van der Waals surface area contributed by atoms with Gasteiger partial charge in [0.15, 0.2) is 0 Å². The number of amides is 2. The van der Waals surface area contributed by atoms with E-state index in [1.54, 1.807) is 24.3 Å². The number of sulfonamides is 1. The van der Waals surface area contributed by atoms with Gasteiger partial charge in [0.2, 0.25) is 10.0 Å². The highest BCUT2D eigenvalue weighted by molar-refractivity contribution is 7.88. The maximum Gasteiger partial charge on any atom is 0.315 e. The molecule has 8 nitrogen and oxygen atoms in total. The molecule has 0 aliphatic heterocycles. The SMILES string of the molecule is CNS(=O)(=O)Cc1ccc(CNC(=O)NCCNc2ccc3ccccc3n2)cc1. The minimum Gasteiger partial charge on any atom is -0.368 e. The van der Waals surface area contributed by atoms with E-state index >= 15 is 0 Å². The van der Waals surface area contributed by atoms with Crippen molar-refractivity contribution in [1.29, 1.82) is 0 Å². The largest absolute Gasteiger partial charge is 0.368 e. The van der Waals surface area contributed by atoms with E-state index in [1.165, 1.54) is 7.05 Å². The van der Waals surface area contributed by atoms with Crippen LogP contribution in [0.4, 0.5) is 10.6 Å². The van der Waals surface area contributed by atoms with Gasteiger partial charge in [0, 0.05) is 25.0 Å². The fourth-order valence-electron chi connectivity index (χ4n) is 2.82. The topological polar surface area (TPSA) is 112 Å². The number of urea groups is 1. The van der Waals surface area contributed by atoms with Gasteiger partial charge in [0.25, 0.3) is 0 Å². The number of benzene rings is 2. The highest BCUT2D eigenvalue weighted by Crippen LogP contribution is 2.14. The van der Waals surface area contributed by atoms with Crippen molar-refractivity contribution in [3.8, 4) is 0 Å². The van der Waals surface area contributed by atoms with Crippen LogP contribution in [0.5, 0.6) is 0 Å². The minimum atomic E-state index is -3.30. The first-order valence-electron chi connectivity index (χ1n) is 9.55. The van der Waals surface area contributed by atoms with E-state index in [-0.39, 0.29) is 11.8 Å². The first-order valence-corrected chi connectivity index (χ1v) is 11.2. The lowest BCUT2D eigenvalue weighted by atomic mass is 10.1. The van der Waals surface area contributed by atoms with Gasteiger partial charge in [-0.05, 0) is 36.4 Å². The summed E-state index contributed by atoms with van der Waals surface area (Å²) in [4.78, 5) is 16.5. The Kier molecular flexibility index (Phi) is 7.21. The number of aromatic nitrogens is 1. The van der Waals surface area contributed by atoms with Crippen molar-refractivity contribution in [3.63, 3.8) is 0 Å². The standard InChI is InChI=1S/C21H25N5O3S/c1-22-30(28,29)15-17-8-6-16(7-9-17)14-25-21(27)24-13-12-23-20-11-10-18-4-2-3-5-19(18)26-20/h2-11,22H,12-15H2,1H3,(H,23,26)(H2,24,25,27). The monoisotopic (exact) mass is 427 g/mol. The third-order valence-corrected chi connectivity index (χ3v) is 5.79. The zero-order valence-electron chi connectivity index (χ0n) is 16.7. The fourth-order valence-corrected chi connectivity index (χ4v) is 3.60. The molecule has 30 heavy (non-hydrogen) atoms. The Balaban J connectivity index is 1.37. The van der Waals surface area contributed by atoms with Crippen LogP contribution >= 0.6 is 0 Å². The number of pyridine rings is 1. The molecule has 0 bridgehead atoms. The minimum absolute atomic E-state index is 0.0727. The van der Waals surface area contributed by atoms with Crippen molar-refractivity contribution in [2.45, 2.75) is 12.3 Å². The summed E-state index contributed by atoms with van der Waals surface area (Å²) in [6.07, 6.45) is 0. The average Bonchev–Trinajstić information content (AvgIpc) is 2.76. The van der Waals surface area contributed by atoms with Crippen LogP contribution in [0.15, 0.2) is 60.7 Å². The number of hydrogen-bond donors (Lipinski definition) is 4. The molecule has 0 spiro atoms. The second-order valence-electron chi connectivity index (χ2n) is 6.71. The van der Waals surface area contributed by atoms with Crippen LogP contribution in [0.1, 0.15) is 11.1 Å². The molecule has 3 rings (SSSR count). The number of anilines is 1. The van der Waals surface area contributed by atoms with Crippen molar-refractivity contribution in [2.24, 2.45) is 0 Å². The Bertz CT molecular complexity index is 1100. The number of carbonyl (C=O) groups excluding carboxylic acids is 1. The molecule has 0 aliphatic rings. The van der Waals surface area contributed by atoms with Crippen LogP contribution in [0.2, 0.25) is 0 Å². The summed E-state index contributed by atoms with van der Waals surface area (Å²) in [6.45, 7) is 1.35. The van der Waals surface area contributed by atoms with Crippen molar-refractivity contribution in [1.82, 2.24) is 20.3 Å². The van der Waals surface area contributed by atoms with E-state index in [0.29, 0.717) is 25.2 Å². The molecular formula is C21H25N5O3S. The predicted octanol–water partition coefficient (Wildman–Crippen LogP) is 2.20. The lowest BCUT2D eigenvalue weighted by molar-refractivity contribution is 0.241. The van der Waals surface area contributed by atoms with Gasteiger partial charge in [-0.2, -0.15) is 0 Å². The summed E-state index contributed by atoms with van der Waals surface area (Å²) in [5.74, 6) is 0.688. The van der Waals surface area contributed by atoms with Gasteiger partial charge in [-0.15, -0.1) is 0 Å². The second kappa shape index (κ2) is 10.0. The molecule has 4 N–H and O–H groups in total. The summed E-state index contributed by atoms with van der Waals surface area (Å²) in [6, 6.07) is 18.6. The molecule has 3 aromatic rings. The van der Waals surface area contributed by atoms with Gasteiger partial charge in [-0.25, -0.2) is 22.9 Å². The summed E-state index contributed by atoms with van der Waals surface area (Å²) in [7, 11) is -1.91. The summed E-state index contributed by atoms with van der Waals surface area (Å²) >= 11 is 0. The number of rotatable bonds is 9. The Labute approximate surface area is 176 Å². The lowest BCUT2D eigenvalue weighted by Gasteiger charge is -2.10. The normalized spacial score (nSPS) is 11.2. The zero-order valence-corrected chi connectivity index (χ0v) is 17.5. The van der Waals surface area contributed by atoms with Crippen LogP contribution in [-0.4, -0.2) is 39.6 Å². The number of carbonyl (C=O) groups is 1. The highest BCUT2D eigenvalue weighted by atomic mass is 32.2. The molecule has 2 amide bonds. The molecule has 0 radical (unpaired) electrons. The number of hydrogen-bond acceptors (Lipinski definition) is 5. The van der Waals surface area contributed by atoms with Crippen LogP contribution in [0.3, 0.4) is 0 Å². The van der Waals surface area contributed by atoms with Gasteiger partial charge in [0.05, 0.1) is 11.3 Å². The van der Waals surface area contributed by atoms with E-state index in [4.69, 9.17) is 0 Å². The fraction of sp³-hybridized carbons (Fsp3) is 0.238. The van der Waals surface area contributed by atoms with Crippen molar-refractivity contribution < 1.29 is 13.2 Å². The number of nitrogens with zero attached hydrogens (tertiary/aromatic N) is 1. The molecular weight excluding hydrogens is 402 g/mol. The van der Waals surface area contributed by atoms with Gasteiger partial charge in [0.1, 0.15) is 5.82 Å². The van der Waals surface area contributed by atoms with Crippen molar-refractivity contribution in [3.05, 3.63) is 71.8 Å². The molecule has 0 aliphatic carbocycles. The molecule has 0 unspecified atom stereocenters. The predicted molar refractivity (Wildman–Crippen MR) is 119 cm³/mol. The number of para-hydroxylation sites is 1. The van der Waals surface area contributed by atoms with Gasteiger partial charge < -0.3 is 16.0 Å². The maximum absolute atomic E-state index is 11.9. The van der Waals surface area contributed by atoms with Crippen LogP contribution in [0, 0.1) is 0 Å². The Morgan fingerprint density at radius 2 is 1.63 bits per heavy atom. The molecule has 0 saturated heterocycles. The number of nitrogens with one attached hydrogen (secondary N) is 4. The molecule has 9 heteroatoms. The average molecular weight is 428 g/mol. The highest BCUT2D eigenvalue weighted by Gasteiger charge is 2.08. The summed E-state index contributed by atoms with van der Waals surface area (Å²) < 4.78 is 25.4. The van der Waals surface area contributed by atoms with E-state index in [0.717, 1.165) is 22.3 Å². The molecule has 0 saturated carbocycles. The van der Waals surface area contributed by atoms with E-state index in [2.05, 4.69) is 25.7 Å². The first kappa shape index (κ1) is 21.5. The number of fused-ring (bicyclic) bond motifs is 1. The van der Waals surface area contributed by atoms with Gasteiger partial charge >= 0.3 is 6.03 Å². The molecule has 0 atom stereocenters. The van der Waals surface area contributed by atoms with Gasteiger partial charge in [-0.3, -0.25) is 0 Å². The molecule has 1 aromatic heterocycles. The molecule has 2 aromatic carbocycles. The second-order valence-corrected chi connectivity index (χ2v) is 8.63. The first-order chi connectivity index (χ1) is 14.4. The van der Waals surface area contributed by atoms with Crippen LogP contribution in [0.25, 0.3) is 10.9 Å². The lowest BCUT2D eigenvalue weighted by Crippen LogP contribution is -2.37. The Morgan fingerprint density at radius 1 is 0.900 bits per heavy atom. The Morgan fingerprint density at radius 3 is 2.40 bits per heavy atom. The van der Waals surface area contributed by atoms with E-state index in [9.17, 15) is 13.2 Å². The Hall–Kier alpha value is -3.17. The third kappa shape index (κ3) is 6.43. The maximum atomic E-state index is 11.9. The van der Waals surface area contributed by atoms with Crippen molar-refractivity contribution in [2.75, 3.05) is 25.5 Å². The van der Waals surface area contributed by atoms with Gasteiger partial charge in [-0.1, -0.05) is 42.5 Å². The smallest absolute Gasteiger partial charge is 0.315 e. The van der Waals surface area contributed by atoms with Crippen LogP contribution in [-0.2, 0) is 22.3 Å². The van der Waals surface area contributed by atoms with E-state index < -0.39 is 10.0 Å². The molecule has 0 fully saturated rings. The summed E-state index contributed by atoms with van der Waals surface area (Å²) in [5.41, 5.74) is 2.49. The summed E-state index contributed by atoms with van der Waals surface area (Å²) in [5, 5.41) is 9.83.